The molecule has 160 valence electrons. The fourth-order valence-electron chi connectivity index (χ4n) is 3.13. The monoisotopic (exact) mass is 420 g/mol. The topological polar surface area (TPSA) is 137 Å². The molecule has 0 aliphatic heterocycles. The Balaban J connectivity index is 2.54. The molecule has 3 aromatic rings. The van der Waals surface area contributed by atoms with Gasteiger partial charge in [0.15, 0.2) is 28.6 Å². The Labute approximate surface area is 170 Å². The van der Waals surface area contributed by atoms with Gasteiger partial charge in [0.2, 0.25) is 28.4 Å². The number of rotatable bonds is 6. The van der Waals surface area contributed by atoms with E-state index in [0.717, 1.165) is 0 Å². The molecule has 2 aromatic carbocycles. The van der Waals surface area contributed by atoms with Crippen molar-refractivity contribution in [2.75, 3.05) is 35.5 Å². The van der Waals surface area contributed by atoms with Gasteiger partial charge >= 0.3 is 0 Å². The van der Waals surface area contributed by atoms with Crippen LogP contribution in [0.1, 0.15) is 0 Å². The van der Waals surface area contributed by atoms with E-state index in [2.05, 4.69) is 0 Å². The number of aromatic hydroxyl groups is 3. The van der Waals surface area contributed by atoms with Gasteiger partial charge in [0.1, 0.15) is 11.1 Å². The van der Waals surface area contributed by atoms with Crippen LogP contribution >= 0.6 is 0 Å². The van der Waals surface area contributed by atoms with E-state index in [1.807, 2.05) is 0 Å². The minimum absolute atomic E-state index is 0.0861. The molecule has 0 aliphatic rings. The molecule has 0 bridgehead atoms. The third-order valence-corrected chi connectivity index (χ3v) is 4.52. The van der Waals surface area contributed by atoms with Crippen molar-refractivity contribution in [3.8, 4) is 57.3 Å². The van der Waals surface area contributed by atoms with Gasteiger partial charge in [0.25, 0.3) is 0 Å². The number of hydrogen-bond donors (Lipinski definition) is 3. The maximum absolute atomic E-state index is 13.2. The lowest BCUT2D eigenvalue weighted by molar-refractivity contribution is 0.322. The van der Waals surface area contributed by atoms with Crippen molar-refractivity contribution in [3.63, 3.8) is 0 Å². The van der Waals surface area contributed by atoms with Gasteiger partial charge in [-0.15, -0.1) is 0 Å². The Hall–Kier alpha value is -3.95. The number of ether oxygens (including phenoxy) is 5. The molecule has 0 unspecified atom stereocenters. The molecule has 0 saturated heterocycles. The van der Waals surface area contributed by atoms with Gasteiger partial charge in [-0.3, -0.25) is 4.79 Å². The van der Waals surface area contributed by atoms with E-state index >= 15 is 0 Å². The summed E-state index contributed by atoms with van der Waals surface area (Å²) in [5, 5.41) is 30.6. The van der Waals surface area contributed by atoms with Crippen LogP contribution < -0.4 is 29.1 Å². The summed E-state index contributed by atoms with van der Waals surface area (Å²) in [5.74, 6) is -2.11. The molecule has 0 radical (unpaired) electrons. The molecule has 0 amide bonds. The van der Waals surface area contributed by atoms with E-state index in [4.69, 9.17) is 28.1 Å². The summed E-state index contributed by atoms with van der Waals surface area (Å²) in [7, 11) is 6.42. The Morgan fingerprint density at radius 2 is 1.33 bits per heavy atom. The lowest BCUT2D eigenvalue weighted by Gasteiger charge is -2.17. The second-order valence-electron chi connectivity index (χ2n) is 5.99. The normalized spacial score (nSPS) is 10.7. The maximum atomic E-state index is 13.2. The summed E-state index contributed by atoms with van der Waals surface area (Å²) in [6, 6.07) is 2.66. The number of phenols is 3. The zero-order chi connectivity index (χ0) is 22.2. The van der Waals surface area contributed by atoms with Crippen molar-refractivity contribution in [3.05, 3.63) is 22.4 Å². The Morgan fingerprint density at radius 1 is 0.733 bits per heavy atom. The van der Waals surface area contributed by atoms with Crippen molar-refractivity contribution in [1.29, 1.82) is 0 Å². The standard InChI is InChI=1S/C20H20O10/c1-25-10-7-9(21)11(26-2)6-8(10)16-19(28-4)14(23)12-13(22)18(27-3)15(24)20(29-5)17(12)30-16/h6-7,21-22,24H,1-5H3. The lowest BCUT2D eigenvalue weighted by atomic mass is 10.1. The third-order valence-electron chi connectivity index (χ3n) is 4.52. The Morgan fingerprint density at radius 3 is 1.87 bits per heavy atom. The van der Waals surface area contributed by atoms with E-state index < -0.39 is 16.9 Å². The second kappa shape index (κ2) is 7.82. The fourth-order valence-corrected chi connectivity index (χ4v) is 3.13. The first-order valence-corrected chi connectivity index (χ1v) is 8.50. The molecular formula is C20H20O10. The molecule has 30 heavy (non-hydrogen) atoms. The van der Waals surface area contributed by atoms with E-state index in [0.29, 0.717) is 0 Å². The summed E-state index contributed by atoms with van der Waals surface area (Å²) in [6.07, 6.45) is 0. The molecule has 10 heteroatoms. The van der Waals surface area contributed by atoms with Gasteiger partial charge in [-0.2, -0.15) is 0 Å². The SMILES string of the molecule is COc1cc(-c2oc3c(OC)c(O)c(OC)c(O)c3c(=O)c2OC)c(OC)cc1O. The maximum Gasteiger partial charge on any atom is 0.239 e. The second-order valence-corrected chi connectivity index (χ2v) is 5.99. The van der Waals surface area contributed by atoms with Gasteiger partial charge < -0.3 is 43.4 Å². The molecule has 0 aliphatic carbocycles. The minimum atomic E-state index is -0.753. The first-order chi connectivity index (χ1) is 14.3. The molecule has 0 atom stereocenters. The van der Waals surface area contributed by atoms with Crippen molar-refractivity contribution >= 4 is 11.0 Å². The molecule has 0 saturated carbocycles. The van der Waals surface area contributed by atoms with Crippen molar-refractivity contribution in [1.82, 2.24) is 0 Å². The van der Waals surface area contributed by atoms with Gasteiger partial charge in [0.05, 0.1) is 41.1 Å². The third kappa shape index (κ3) is 2.93. The molecule has 10 nitrogen and oxygen atoms in total. The predicted octanol–water partition coefficient (Wildman–Crippen LogP) is 2.62. The zero-order valence-electron chi connectivity index (χ0n) is 16.9. The van der Waals surface area contributed by atoms with Gasteiger partial charge in [-0.1, -0.05) is 0 Å². The smallest absolute Gasteiger partial charge is 0.239 e. The highest BCUT2D eigenvalue weighted by Crippen LogP contribution is 2.51. The average Bonchev–Trinajstić information content (AvgIpc) is 2.73. The van der Waals surface area contributed by atoms with Gasteiger partial charge in [0, 0.05) is 6.07 Å². The number of hydrogen-bond acceptors (Lipinski definition) is 10. The summed E-state index contributed by atoms with van der Waals surface area (Å²) >= 11 is 0. The van der Waals surface area contributed by atoms with Crippen molar-refractivity contribution in [2.24, 2.45) is 0 Å². The van der Waals surface area contributed by atoms with Crippen LogP contribution in [-0.2, 0) is 0 Å². The summed E-state index contributed by atoms with van der Waals surface area (Å²) < 4.78 is 31.7. The van der Waals surface area contributed by atoms with Crippen molar-refractivity contribution in [2.45, 2.75) is 0 Å². The van der Waals surface area contributed by atoms with Crippen LogP contribution in [0, 0.1) is 0 Å². The minimum Gasteiger partial charge on any atom is -0.504 e. The first-order valence-electron chi connectivity index (χ1n) is 8.50. The molecule has 3 rings (SSSR count). The van der Waals surface area contributed by atoms with E-state index in [1.165, 1.54) is 47.7 Å². The van der Waals surface area contributed by atoms with E-state index in [9.17, 15) is 20.1 Å². The highest BCUT2D eigenvalue weighted by Gasteiger charge is 2.29. The highest BCUT2D eigenvalue weighted by atomic mass is 16.5. The van der Waals surface area contributed by atoms with Crippen LogP contribution in [0.4, 0.5) is 0 Å². The Kier molecular flexibility index (Phi) is 5.41. The summed E-state index contributed by atoms with van der Waals surface area (Å²) in [6.45, 7) is 0. The van der Waals surface area contributed by atoms with Crippen LogP contribution in [0.3, 0.4) is 0 Å². The number of methoxy groups -OCH3 is 5. The van der Waals surface area contributed by atoms with E-state index in [1.54, 1.807) is 0 Å². The molecule has 0 spiro atoms. The van der Waals surface area contributed by atoms with Gasteiger partial charge in [-0.25, -0.2) is 0 Å². The number of phenolic OH excluding ortho intramolecular Hbond substituents is 3. The lowest BCUT2D eigenvalue weighted by Crippen LogP contribution is -2.09. The molecule has 1 heterocycles. The largest absolute Gasteiger partial charge is 0.504 e. The molecule has 3 N–H and O–H groups in total. The molecule has 1 aromatic heterocycles. The quantitative estimate of drug-likeness (QED) is 0.546. The summed E-state index contributed by atoms with van der Waals surface area (Å²) in [5.41, 5.74) is -0.792. The molecule has 0 fully saturated rings. The van der Waals surface area contributed by atoms with Crippen LogP contribution in [0.25, 0.3) is 22.3 Å². The number of fused-ring (bicyclic) bond motifs is 1. The summed E-state index contributed by atoms with van der Waals surface area (Å²) in [4.78, 5) is 13.2. The highest BCUT2D eigenvalue weighted by molar-refractivity contribution is 5.96. The average molecular weight is 420 g/mol. The predicted molar refractivity (Wildman–Crippen MR) is 106 cm³/mol. The molecular weight excluding hydrogens is 400 g/mol. The zero-order valence-corrected chi connectivity index (χ0v) is 16.9. The van der Waals surface area contributed by atoms with Crippen molar-refractivity contribution < 1.29 is 43.4 Å². The first kappa shape index (κ1) is 20.8. The Bertz CT molecular complexity index is 1180. The van der Waals surface area contributed by atoms with Crippen LogP contribution in [0.15, 0.2) is 21.3 Å². The van der Waals surface area contributed by atoms with Crippen LogP contribution in [-0.4, -0.2) is 50.9 Å². The van der Waals surface area contributed by atoms with Crippen LogP contribution in [0.5, 0.6) is 46.0 Å². The van der Waals surface area contributed by atoms with Crippen LogP contribution in [0.2, 0.25) is 0 Å². The number of benzene rings is 2. The fraction of sp³-hybridized carbons (Fsp3) is 0.250. The van der Waals surface area contributed by atoms with Gasteiger partial charge in [-0.05, 0) is 6.07 Å². The van der Waals surface area contributed by atoms with E-state index in [-0.39, 0.29) is 56.8 Å².